The normalized spacial score (nSPS) is 16.0. The molecule has 0 rings (SSSR count). The summed E-state index contributed by atoms with van der Waals surface area (Å²) in [5, 5.41) is 9.38. The van der Waals surface area contributed by atoms with Crippen LogP contribution in [0, 0.1) is 5.92 Å². The van der Waals surface area contributed by atoms with E-state index in [-0.39, 0.29) is 6.10 Å². The Hall–Kier alpha value is -0.0400. The number of unbranched alkanes of at least 4 members (excludes halogenated alkanes) is 2. The molecule has 1 nitrogen and oxygen atoms in total. The molecule has 0 amide bonds. The largest absolute Gasteiger partial charge is 0.393 e. The molecule has 1 heteroatoms. The van der Waals surface area contributed by atoms with Crippen LogP contribution < -0.4 is 0 Å². The number of hydrogen-bond acceptors (Lipinski definition) is 1. The van der Waals surface area contributed by atoms with Gasteiger partial charge in [-0.25, -0.2) is 0 Å². The second kappa shape index (κ2) is 7.60. The summed E-state index contributed by atoms with van der Waals surface area (Å²) in [6.45, 7) is 6.52. The first kappa shape index (κ1) is 12.0. The zero-order chi connectivity index (χ0) is 9.40. The molecular weight excluding hydrogens is 148 g/mol. The highest BCUT2D eigenvalue weighted by molar-refractivity contribution is 4.60. The van der Waals surface area contributed by atoms with E-state index >= 15 is 0 Å². The molecule has 0 aliphatic rings. The van der Waals surface area contributed by atoms with Gasteiger partial charge < -0.3 is 5.11 Å². The average molecular weight is 172 g/mol. The van der Waals surface area contributed by atoms with Gasteiger partial charge in [0.15, 0.2) is 0 Å². The molecule has 0 aromatic heterocycles. The average Bonchev–Trinajstić information content (AvgIpc) is 2.05. The summed E-state index contributed by atoms with van der Waals surface area (Å²) in [4.78, 5) is 0. The van der Waals surface area contributed by atoms with Crippen LogP contribution in [-0.4, -0.2) is 11.2 Å². The van der Waals surface area contributed by atoms with E-state index in [1.54, 1.807) is 0 Å². The minimum Gasteiger partial charge on any atom is -0.393 e. The molecule has 0 aromatic carbocycles. The van der Waals surface area contributed by atoms with E-state index in [1.807, 2.05) is 6.92 Å². The maximum atomic E-state index is 9.38. The van der Waals surface area contributed by atoms with Gasteiger partial charge in [0.1, 0.15) is 0 Å². The summed E-state index contributed by atoms with van der Waals surface area (Å²) >= 11 is 0. The van der Waals surface area contributed by atoms with Crippen LogP contribution in [-0.2, 0) is 0 Å². The number of aliphatic hydroxyl groups is 1. The first-order valence-corrected chi connectivity index (χ1v) is 5.38. The molecule has 0 fully saturated rings. The van der Waals surface area contributed by atoms with Crippen molar-refractivity contribution in [1.82, 2.24) is 0 Å². The fourth-order valence-corrected chi connectivity index (χ4v) is 1.49. The molecule has 0 radical (unpaired) electrons. The molecule has 0 heterocycles. The van der Waals surface area contributed by atoms with Crippen molar-refractivity contribution in [3.63, 3.8) is 0 Å². The van der Waals surface area contributed by atoms with E-state index in [4.69, 9.17) is 0 Å². The molecule has 0 saturated heterocycles. The van der Waals surface area contributed by atoms with Crippen LogP contribution in [0.25, 0.3) is 0 Å². The Morgan fingerprint density at radius 3 is 2.33 bits per heavy atom. The predicted octanol–water partition coefficient (Wildman–Crippen LogP) is 3.36. The molecule has 0 bridgehead atoms. The Kier molecular flexibility index (Phi) is 7.58. The first-order chi connectivity index (χ1) is 5.70. The van der Waals surface area contributed by atoms with E-state index in [1.165, 1.54) is 25.7 Å². The van der Waals surface area contributed by atoms with Gasteiger partial charge in [0, 0.05) is 0 Å². The number of aliphatic hydroxyl groups excluding tert-OH is 1. The first-order valence-electron chi connectivity index (χ1n) is 5.38. The fourth-order valence-electron chi connectivity index (χ4n) is 1.49. The third-order valence-corrected chi connectivity index (χ3v) is 2.45. The standard InChI is InChI=1S/C11H24O/c1-4-6-7-8-10(3)9-11(12)5-2/h10-12H,4-9H2,1-3H3. The molecule has 2 atom stereocenters. The number of rotatable bonds is 7. The van der Waals surface area contributed by atoms with Crippen LogP contribution in [0.5, 0.6) is 0 Å². The lowest BCUT2D eigenvalue weighted by molar-refractivity contribution is 0.139. The Morgan fingerprint density at radius 1 is 1.17 bits per heavy atom. The topological polar surface area (TPSA) is 20.2 Å². The molecule has 0 aliphatic carbocycles. The van der Waals surface area contributed by atoms with E-state index in [9.17, 15) is 5.11 Å². The van der Waals surface area contributed by atoms with Crippen molar-refractivity contribution in [2.75, 3.05) is 0 Å². The lowest BCUT2D eigenvalue weighted by Crippen LogP contribution is -2.10. The summed E-state index contributed by atoms with van der Waals surface area (Å²) in [7, 11) is 0. The van der Waals surface area contributed by atoms with Crippen molar-refractivity contribution in [3.05, 3.63) is 0 Å². The van der Waals surface area contributed by atoms with Gasteiger partial charge in [-0.15, -0.1) is 0 Å². The summed E-state index contributed by atoms with van der Waals surface area (Å²) in [6.07, 6.45) is 7.06. The minimum absolute atomic E-state index is 0.0679. The molecule has 0 aliphatic heterocycles. The predicted molar refractivity (Wildman–Crippen MR) is 54.2 cm³/mol. The third kappa shape index (κ3) is 6.66. The fraction of sp³-hybridized carbons (Fsp3) is 1.00. The van der Waals surface area contributed by atoms with Crippen molar-refractivity contribution in [2.45, 2.75) is 65.4 Å². The highest BCUT2D eigenvalue weighted by Crippen LogP contribution is 2.15. The van der Waals surface area contributed by atoms with Gasteiger partial charge in [-0.2, -0.15) is 0 Å². The zero-order valence-corrected chi connectivity index (χ0v) is 8.84. The highest BCUT2D eigenvalue weighted by atomic mass is 16.3. The molecule has 0 aromatic rings. The van der Waals surface area contributed by atoms with Gasteiger partial charge in [-0.3, -0.25) is 0 Å². The molecule has 1 N–H and O–H groups in total. The zero-order valence-electron chi connectivity index (χ0n) is 8.84. The van der Waals surface area contributed by atoms with Crippen LogP contribution in [0.15, 0.2) is 0 Å². The molecule has 0 saturated carbocycles. The molecular formula is C11H24O. The quantitative estimate of drug-likeness (QED) is 0.584. The minimum atomic E-state index is -0.0679. The van der Waals surface area contributed by atoms with Crippen molar-refractivity contribution in [2.24, 2.45) is 5.92 Å². The van der Waals surface area contributed by atoms with Crippen LogP contribution >= 0.6 is 0 Å². The molecule has 74 valence electrons. The van der Waals surface area contributed by atoms with Crippen LogP contribution in [0.1, 0.15) is 59.3 Å². The van der Waals surface area contributed by atoms with Crippen LogP contribution in [0.3, 0.4) is 0 Å². The van der Waals surface area contributed by atoms with Gasteiger partial charge in [-0.1, -0.05) is 46.5 Å². The Bertz CT molecular complexity index is 91.0. The Labute approximate surface area is 77.2 Å². The van der Waals surface area contributed by atoms with Crippen LogP contribution in [0.4, 0.5) is 0 Å². The third-order valence-electron chi connectivity index (χ3n) is 2.45. The Morgan fingerprint density at radius 2 is 1.83 bits per heavy atom. The van der Waals surface area contributed by atoms with E-state index in [0.29, 0.717) is 5.92 Å². The van der Waals surface area contributed by atoms with Crippen molar-refractivity contribution in [1.29, 1.82) is 0 Å². The SMILES string of the molecule is CCCCCC(C)CC(O)CC. The second-order valence-corrected chi connectivity index (χ2v) is 3.90. The van der Waals surface area contributed by atoms with Crippen molar-refractivity contribution >= 4 is 0 Å². The Balaban J connectivity index is 3.26. The van der Waals surface area contributed by atoms with Crippen molar-refractivity contribution < 1.29 is 5.11 Å². The maximum Gasteiger partial charge on any atom is 0.0540 e. The summed E-state index contributed by atoms with van der Waals surface area (Å²) in [6, 6.07) is 0. The lowest BCUT2D eigenvalue weighted by atomic mass is 9.96. The van der Waals surface area contributed by atoms with Gasteiger partial charge in [-0.05, 0) is 18.8 Å². The second-order valence-electron chi connectivity index (χ2n) is 3.90. The van der Waals surface area contributed by atoms with Gasteiger partial charge in [0.05, 0.1) is 6.10 Å². The monoisotopic (exact) mass is 172 g/mol. The van der Waals surface area contributed by atoms with Gasteiger partial charge in [0.25, 0.3) is 0 Å². The highest BCUT2D eigenvalue weighted by Gasteiger charge is 2.07. The molecule has 0 spiro atoms. The lowest BCUT2D eigenvalue weighted by Gasteiger charge is -2.14. The summed E-state index contributed by atoms with van der Waals surface area (Å²) in [5.74, 6) is 0.700. The smallest absolute Gasteiger partial charge is 0.0540 e. The van der Waals surface area contributed by atoms with E-state index < -0.39 is 0 Å². The molecule has 12 heavy (non-hydrogen) atoms. The maximum absolute atomic E-state index is 9.38. The summed E-state index contributed by atoms with van der Waals surface area (Å²) in [5.41, 5.74) is 0. The van der Waals surface area contributed by atoms with Crippen LogP contribution in [0.2, 0.25) is 0 Å². The van der Waals surface area contributed by atoms with E-state index in [0.717, 1.165) is 12.8 Å². The summed E-state index contributed by atoms with van der Waals surface area (Å²) < 4.78 is 0. The van der Waals surface area contributed by atoms with E-state index in [2.05, 4.69) is 13.8 Å². The molecule has 2 unspecified atom stereocenters. The van der Waals surface area contributed by atoms with Gasteiger partial charge >= 0.3 is 0 Å². The van der Waals surface area contributed by atoms with Gasteiger partial charge in [0.2, 0.25) is 0 Å². The van der Waals surface area contributed by atoms with Crippen molar-refractivity contribution in [3.8, 4) is 0 Å². The number of hydrogen-bond donors (Lipinski definition) is 1.